The number of benzene rings is 2. The summed E-state index contributed by atoms with van der Waals surface area (Å²) in [6.45, 7) is 2.29. The summed E-state index contributed by atoms with van der Waals surface area (Å²) in [6.07, 6.45) is 1.64. The Morgan fingerprint density at radius 2 is 1.79 bits per heavy atom. The van der Waals surface area contributed by atoms with Gasteiger partial charge in [0, 0.05) is 10.6 Å². The molecule has 2 amide bonds. The molecule has 0 radical (unpaired) electrons. The predicted octanol–water partition coefficient (Wildman–Crippen LogP) is 5.47. The number of rotatable bonds is 6. The van der Waals surface area contributed by atoms with Gasteiger partial charge in [-0.15, -0.1) is 0 Å². The smallest absolute Gasteiger partial charge is 0.338 e. The molecule has 0 aromatic heterocycles. The minimum Gasteiger partial charge on any atom is -0.462 e. The van der Waals surface area contributed by atoms with E-state index in [0.29, 0.717) is 17.2 Å². The third-order valence-corrected chi connectivity index (χ3v) is 5.20. The normalized spacial score (nSPS) is 14.0. The molecule has 1 heterocycles. The van der Waals surface area contributed by atoms with E-state index in [1.54, 1.807) is 18.2 Å². The number of esters is 1. The van der Waals surface area contributed by atoms with E-state index >= 15 is 0 Å². The van der Waals surface area contributed by atoms with Crippen LogP contribution in [0.15, 0.2) is 47.5 Å². The second-order valence-corrected chi connectivity index (χ2v) is 7.52. The number of halogens is 3. The molecule has 0 bridgehead atoms. The third kappa shape index (κ3) is 4.32. The topological polar surface area (TPSA) is 63.7 Å². The first-order chi connectivity index (χ1) is 13.8. The Morgan fingerprint density at radius 3 is 2.48 bits per heavy atom. The van der Waals surface area contributed by atoms with E-state index in [1.807, 2.05) is 6.92 Å². The van der Waals surface area contributed by atoms with Crippen LogP contribution in [0.3, 0.4) is 0 Å². The lowest BCUT2D eigenvalue weighted by molar-refractivity contribution is -0.119. The van der Waals surface area contributed by atoms with Gasteiger partial charge in [-0.25, -0.2) is 9.69 Å². The summed E-state index contributed by atoms with van der Waals surface area (Å²) >= 11 is 18.3. The summed E-state index contributed by atoms with van der Waals surface area (Å²) < 4.78 is 5.18. The van der Waals surface area contributed by atoms with Crippen molar-refractivity contribution in [2.45, 2.75) is 19.8 Å². The van der Waals surface area contributed by atoms with Crippen LogP contribution in [0.1, 0.15) is 35.7 Å². The van der Waals surface area contributed by atoms with Gasteiger partial charge in [-0.3, -0.25) is 9.59 Å². The van der Waals surface area contributed by atoms with Crippen LogP contribution in [-0.4, -0.2) is 24.4 Å². The van der Waals surface area contributed by atoms with Crippen molar-refractivity contribution in [2.24, 2.45) is 0 Å². The van der Waals surface area contributed by atoms with Crippen molar-refractivity contribution in [2.75, 3.05) is 11.5 Å². The maximum Gasteiger partial charge on any atom is 0.338 e. The maximum absolute atomic E-state index is 13.0. The Kier molecular flexibility index (Phi) is 6.63. The van der Waals surface area contributed by atoms with E-state index in [-0.39, 0.29) is 26.9 Å². The van der Waals surface area contributed by atoms with Gasteiger partial charge in [0.2, 0.25) is 0 Å². The number of nitrogens with zero attached hydrogens (tertiary/aromatic N) is 1. The first kappa shape index (κ1) is 21.4. The monoisotopic (exact) mass is 451 g/mol. The molecule has 29 heavy (non-hydrogen) atoms. The number of imide groups is 1. The van der Waals surface area contributed by atoms with Gasteiger partial charge in [0.25, 0.3) is 11.8 Å². The fourth-order valence-corrected chi connectivity index (χ4v) is 3.60. The zero-order valence-corrected chi connectivity index (χ0v) is 17.6. The molecular formula is C21H16Cl3NO4. The highest BCUT2D eigenvalue weighted by Crippen LogP contribution is 2.38. The van der Waals surface area contributed by atoms with Crippen LogP contribution in [0.5, 0.6) is 0 Å². The van der Waals surface area contributed by atoms with Crippen LogP contribution in [-0.2, 0) is 14.3 Å². The Morgan fingerprint density at radius 1 is 1.03 bits per heavy atom. The maximum atomic E-state index is 13.0. The second-order valence-electron chi connectivity index (χ2n) is 6.30. The molecule has 2 aromatic rings. The summed E-state index contributed by atoms with van der Waals surface area (Å²) in [5.74, 6) is -1.87. The fourth-order valence-electron chi connectivity index (χ4n) is 2.83. The predicted molar refractivity (Wildman–Crippen MR) is 113 cm³/mol. The SMILES string of the molecule is CCCCOC(=O)c1cccc(N2C(=O)C(Cl)=C(c3ccc(Cl)cc3Cl)C2=O)c1. The molecule has 5 nitrogen and oxygen atoms in total. The van der Waals surface area contributed by atoms with Crippen molar-refractivity contribution in [3.8, 4) is 0 Å². The van der Waals surface area contributed by atoms with Gasteiger partial charge in [0.1, 0.15) is 5.03 Å². The van der Waals surface area contributed by atoms with Crippen molar-refractivity contribution in [1.29, 1.82) is 0 Å². The number of amides is 2. The molecule has 0 fully saturated rings. The van der Waals surface area contributed by atoms with E-state index in [1.165, 1.54) is 24.3 Å². The lowest BCUT2D eigenvalue weighted by Gasteiger charge is -2.16. The number of unbranched alkanes of at least 4 members (excludes halogenated alkanes) is 1. The standard InChI is InChI=1S/C21H16Cl3NO4/c1-2-3-9-29-21(28)12-5-4-6-14(10-12)25-19(26)17(18(24)20(25)27)15-8-7-13(22)11-16(15)23/h4-8,10-11H,2-3,9H2,1H3. The minimum atomic E-state index is -0.700. The molecule has 8 heteroatoms. The lowest BCUT2D eigenvalue weighted by Crippen LogP contribution is -2.31. The van der Waals surface area contributed by atoms with Crippen LogP contribution in [0.4, 0.5) is 5.69 Å². The summed E-state index contributed by atoms with van der Waals surface area (Å²) in [6, 6.07) is 10.6. The van der Waals surface area contributed by atoms with Crippen LogP contribution in [0.25, 0.3) is 5.57 Å². The van der Waals surface area contributed by atoms with Gasteiger partial charge in [-0.2, -0.15) is 0 Å². The molecule has 0 saturated carbocycles. The summed E-state index contributed by atoms with van der Waals surface area (Å²) in [5.41, 5.74) is 0.725. The van der Waals surface area contributed by atoms with Crippen LogP contribution < -0.4 is 4.90 Å². The third-order valence-electron chi connectivity index (χ3n) is 4.30. The average Bonchev–Trinajstić information content (AvgIpc) is 2.91. The largest absolute Gasteiger partial charge is 0.462 e. The summed E-state index contributed by atoms with van der Waals surface area (Å²) in [4.78, 5) is 38.8. The molecule has 0 aliphatic carbocycles. The van der Waals surface area contributed by atoms with Crippen molar-refractivity contribution in [3.05, 3.63) is 68.7 Å². The fraction of sp³-hybridized carbons (Fsp3) is 0.190. The van der Waals surface area contributed by atoms with Gasteiger partial charge < -0.3 is 4.74 Å². The number of hydrogen-bond donors (Lipinski definition) is 0. The number of anilines is 1. The van der Waals surface area contributed by atoms with Crippen LogP contribution >= 0.6 is 34.8 Å². The first-order valence-electron chi connectivity index (χ1n) is 8.86. The molecule has 0 N–H and O–H groups in total. The molecule has 1 aliphatic heterocycles. The van der Waals surface area contributed by atoms with E-state index in [0.717, 1.165) is 17.7 Å². The Labute approximate surface area is 182 Å². The number of carbonyl (C=O) groups is 3. The van der Waals surface area contributed by atoms with Crippen molar-refractivity contribution in [1.82, 2.24) is 0 Å². The van der Waals surface area contributed by atoms with E-state index < -0.39 is 17.8 Å². The Balaban J connectivity index is 1.92. The van der Waals surface area contributed by atoms with Gasteiger partial charge in [0.05, 0.1) is 28.5 Å². The molecule has 2 aromatic carbocycles. The van der Waals surface area contributed by atoms with E-state index in [9.17, 15) is 14.4 Å². The van der Waals surface area contributed by atoms with Crippen molar-refractivity contribution < 1.29 is 19.1 Å². The molecular weight excluding hydrogens is 437 g/mol. The summed E-state index contributed by atoms with van der Waals surface area (Å²) in [7, 11) is 0. The summed E-state index contributed by atoms with van der Waals surface area (Å²) in [5, 5.41) is 0.329. The van der Waals surface area contributed by atoms with E-state index in [2.05, 4.69) is 0 Å². The highest BCUT2D eigenvalue weighted by Gasteiger charge is 2.40. The zero-order valence-electron chi connectivity index (χ0n) is 15.4. The molecule has 0 saturated heterocycles. The number of carbonyl (C=O) groups excluding carboxylic acids is 3. The molecule has 0 unspecified atom stereocenters. The second kappa shape index (κ2) is 8.99. The van der Waals surface area contributed by atoms with Gasteiger partial charge in [-0.1, -0.05) is 60.3 Å². The van der Waals surface area contributed by atoms with Gasteiger partial charge in [0.15, 0.2) is 0 Å². The van der Waals surface area contributed by atoms with Gasteiger partial charge in [-0.05, 0) is 36.8 Å². The number of ether oxygens (including phenoxy) is 1. The van der Waals surface area contributed by atoms with Crippen LogP contribution in [0, 0.1) is 0 Å². The Bertz CT molecular complexity index is 1030. The highest BCUT2D eigenvalue weighted by molar-refractivity contribution is 6.61. The average molecular weight is 453 g/mol. The van der Waals surface area contributed by atoms with Crippen molar-refractivity contribution >= 4 is 63.8 Å². The molecule has 3 rings (SSSR count). The molecule has 150 valence electrons. The lowest BCUT2D eigenvalue weighted by atomic mass is 10.1. The quantitative estimate of drug-likeness (QED) is 0.331. The van der Waals surface area contributed by atoms with Crippen molar-refractivity contribution in [3.63, 3.8) is 0 Å². The zero-order chi connectivity index (χ0) is 21.1. The van der Waals surface area contributed by atoms with Gasteiger partial charge >= 0.3 is 5.97 Å². The van der Waals surface area contributed by atoms with Crippen LogP contribution in [0.2, 0.25) is 10.0 Å². The molecule has 1 aliphatic rings. The minimum absolute atomic E-state index is 0.0192. The Hall–Kier alpha value is -2.34. The molecule has 0 atom stereocenters. The highest BCUT2D eigenvalue weighted by atomic mass is 35.5. The first-order valence-corrected chi connectivity index (χ1v) is 9.99. The van der Waals surface area contributed by atoms with E-state index in [4.69, 9.17) is 39.5 Å². The number of hydrogen-bond acceptors (Lipinski definition) is 4. The molecule has 0 spiro atoms.